The van der Waals surface area contributed by atoms with Gasteiger partial charge in [0.25, 0.3) is 5.91 Å². The van der Waals surface area contributed by atoms with Crippen molar-refractivity contribution in [3.8, 4) is 5.75 Å². The maximum Gasteiger partial charge on any atom is 0.291 e. The molecule has 2 heterocycles. The Bertz CT molecular complexity index is 1140. The molecule has 2 aromatic heterocycles. The Morgan fingerprint density at radius 1 is 1.04 bits per heavy atom. The Labute approximate surface area is 178 Å². The summed E-state index contributed by atoms with van der Waals surface area (Å²) in [5.74, 6) is 1.15. The molecule has 5 nitrogen and oxygen atoms in total. The SMILES string of the molecule is O=C(Nc1ccc(Br)c2cccnc12)c1ccc(COc2ccc(Br)cc2)o1. The van der Waals surface area contributed by atoms with E-state index in [4.69, 9.17) is 9.15 Å². The summed E-state index contributed by atoms with van der Waals surface area (Å²) >= 11 is 6.88. The van der Waals surface area contributed by atoms with Crippen molar-refractivity contribution in [3.05, 3.63) is 87.3 Å². The van der Waals surface area contributed by atoms with Crippen molar-refractivity contribution in [3.63, 3.8) is 0 Å². The third kappa shape index (κ3) is 4.10. The number of anilines is 1. The molecule has 7 heteroatoms. The minimum atomic E-state index is -0.343. The fourth-order valence-corrected chi connectivity index (χ4v) is 3.40. The molecule has 28 heavy (non-hydrogen) atoms. The van der Waals surface area contributed by atoms with Crippen molar-refractivity contribution in [2.75, 3.05) is 5.32 Å². The van der Waals surface area contributed by atoms with E-state index in [-0.39, 0.29) is 18.3 Å². The van der Waals surface area contributed by atoms with Gasteiger partial charge in [0.1, 0.15) is 18.1 Å². The Morgan fingerprint density at radius 3 is 2.68 bits per heavy atom. The van der Waals surface area contributed by atoms with Gasteiger partial charge in [-0.25, -0.2) is 0 Å². The normalized spacial score (nSPS) is 10.8. The first-order valence-corrected chi connectivity index (χ1v) is 10.0. The van der Waals surface area contributed by atoms with Crippen LogP contribution in [0.2, 0.25) is 0 Å². The van der Waals surface area contributed by atoms with E-state index in [9.17, 15) is 4.79 Å². The maximum absolute atomic E-state index is 12.6. The number of hydrogen-bond donors (Lipinski definition) is 1. The molecule has 0 aliphatic rings. The molecule has 1 amide bonds. The van der Waals surface area contributed by atoms with Crippen LogP contribution in [0.1, 0.15) is 16.3 Å². The van der Waals surface area contributed by atoms with E-state index >= 15 is 0 Å². The molecule has 0 bridgehead atoms. The highest BCUT2D eigenvalue weighted by molar-refractivity contribution is 9.11. The number of fused-ring (bicyclic) bond motifs is 1. The van der Waals surface area contributed by atoms with Gasteiger partial charge in [0.2, 0.25) is 0 Å². The number of halogens is 2. The number of nitrogens with one attached hydrogen (secondary N) is 1. The fourth-order valence-electron chi connectivity index (χ4n) is 2.69. The molecule has 0 saturated carbocycles. The van der Waals surface area contributed by atoms with Crippen LogP contribution >= 0.6 is 31.9 Å². The number of carbonyl (C=O) groups is 1. The number of hydrogen-bond acceptors (Lipinski definition) is 4. The Balaban J connectivity index is 1.46. The molecule has 0 unspecified atom stereocenters. The fraction of sp³-hybridized carbons (Fsp3) is 0.0476. The minimum Gasteiger partial charge on any atom is -0.486 e. The molecule has 4 aromatic rings. The average Bonchev–Trinajstić information content (AvgIpc) is 3.19. The van der Waals surface area contributed by atoms with Crippen molar-refractivity contribution in [1.29, 1.82) is 0 Å². The highest BCUT2D eigenvalue weighted by Crippen LogP contribution is 2.28. The predicted octanol–water partition coefficient (Wildman–Crippen LogP) is 6.18. The van der Waals surface area contributed by atoms with Gasteiger partial charge in [-0.2, -0.15) is 0 Å². The molecule has 0 aliphatic heterocycles. The molecular formula is C21H14Br2N2O3. The quantitative estimate of drug-likeness (QED) is 0.354. The lowest BCUT2D eigenvalue weighted by Gasteiger charge is -2.08. The molecular weight excluding hydrogens is 488 g/mol. The van der Waals surface area contributed by atoms with Gasteiger partial charge in [-0.3, -0.25) is 9.78 Å². The number of nitrogens with zero attached hydrogens (tertiary/aromatic N) is 1. The summed E-state index contributed by atoms with van der Waals surface area (Å²) in [6.45, 7) is 0.234. The van der Waals surface area contributed by atoms with Crippen molar-refractivity contribution in [1.82, 2.24) is 4.98 Å². The van der Waals surface area contributed by atoms with E-state index in [1.165, 1.54) is 0 Å². The number of amides is 1. The van der Waals surface area contributed by atoms with Gasteiger partial charge < -0.3 is 14.5 Å². The van der Waals surface area contributed by atoms with Gasteiger partial charge >= 0.3 is 0 Å². The number of aromatic nitrogens is 1. The number of pyridine rings is 1. The number of ether oxygens (including phenoxy) is 1. The second-order valence-corrected chi connectivity index (χ2v) is 7.73. The topological polar surface area (TPSA) is 64.4 Å². The number of carbonyl (C=O) groups excluding carboxylic acids is 1. The molecule has 0 aliphatic carbocycles. The van der Waals surface area contributed by atoms with Crippen molar-refractivity contribution in [2.24, 2.45) is 0 Å². The van der Waals surface area contributed by atoms with Crippen LogP contribution in [-0.4, -0.2) is 10.9 Å². The highest BCUT2D eigenvalue weighted by Gasteiger charge is 2.14. The summed E-state index contributed by atoms with van der Waals surface area (Å²) in [5, 5.41) is 3.78. The van der Waals surface area contributed by atoms with E-state index in [0.29, 0.717) is 17.0 Å². The number of benzene rings is 2. The Morgan fingerprint density at radius 2 is 1.86 bits per heavy atom. The molecule has 4 rings (SSSR count). The lowest BCUT2D eigenvalue weighted by molar-refractivity contribution is 0.0992. The van der Waals surface area contributed by atoms with E-state index in [1.54, 1.807) is 24.4 Å². The monoisotopic (exact) mass is 500 g/mol. The van der Waals surface area contributed by atoms with Gasteiger partial charge in [0, 0.05) is 20.5 Å². The van der Waals surface area contributed by atoms with Crippen LogP contribution in [0, 0.1) is 0 Å². The standard InChI is InChI=1S/C21H14Br2N2O3/c22-13-3-5-14(6-4-13)27-12-15-7-10-19(28-15)21(26)25-18-9-8-17(23)16-2-1-11-24-20(16)18/h1-11H,12H2,(H,25,26). The first-order chi connectivity index (χ1) is 13.6. The minimum absolute atomic E-state index is 0.210. The first-order valence-electron chi connectivity index (χ1n) is 8.42. The number of furan rings is 1. The lowest BCUT2D eigenvalue weighted by atomic mass is 10.2. The van der Waals surface area contributed by atoms with Crippen LogP contribution in [0.15, 0.2) is 80.2 Å². The van der Waals surface area contributed by atoms with Gasteiger partial charge in [-0.05, 0) is 54.6 Å². The molecule has 140 valence electrons. The van der Waals surface area contributed by atoms with Crippen LogP contribution in [0.4, 0.5) is 5.69 Å². The second kappa shape index (κ2) is 8.16. The molecule has 0 saturated heterocycles. The van der Waals surface area contributed by atoms with Crippen LogP contribution in [-0.2, 0) is 6.61 Å². The van der Waals surface area contributed by atoms with Crippen LogP contribution in [0.3, 0.4) is 0 Å². The summed E-state index contributed by atoms with van der Waals surface area (Å²) in [7, 11) is 0. The van der Waals surface area contributed by atoms with Crippen LogP contribution in [0.5, 0.6) is 5.75 Å². The number of rotatable bonds is 5. The summed E-state index contributed by atoms with van der Waals surface area (Å²) in [6.07, 6.45) is 1.69. The molecule has 0 fully saturated rings. The smallest absolute Gasteiger partial charge is 0.291 e. The summed E-state index contributed by atoms with van der Waals surface area (Å²) in [6, 6.07) is 18.3. The van der Waals surface area contributed by atoms with Gasteiger partial charge in [0.15, 0.2) is 5.76 Å². The largest absolute Gasteiger partial charge is 0.486 e. The average molecular weight is 502 g/mol. The third-order valence-corrected chi connectivity index (χ3v) is 5.27. The zero-order chi connectivity index (χ0) is 19.5. The summed E-state index contributed by atoms with van der Waals surface area (Å²) in [4.78, 5) is 16.9. The van der Waals surface area contributed by atoms with Gasteiger partial charge in [0.05, 0.1) is 11.2 Å². The van der Waals surface area contributed by atoms with Gasteiger partial charge in [-0.15, -0.1) is 0 Å². The molecule has 0 spiro atoms. The first kappa shape index (κ1) is 18.7. The molecule has 0 radical (unpaired) electrons. The lowest BCUT2D eigenvalue weighted by Crippen LogP contribution is -2.11. The zero-order valence-corrected chi connectivity index (χ0v) is 17.7. The maximum atomic E-state index is 12.6. The van der Waals surface area contributed by atoms with E-state index in [1.807, 2.05) is 42.5 Å². The molecule has 2 aromatic carbocycles. The second-order valence-electron chi connectivity index (χ2n) is 5.96. The van der Waals surface area contributed by atoms with E-state index in [0.717, 1.165) is 20.1 Å². The van der Waals surface area contributed by atoms with Crippen LogP contribution in [0.25, 0.3) is 10.9 Å². The zero-order valence-electron chi connectivity index (χ0n) is 14.5. The van der Waals surface area contributed by atoms with E-state index in [2.05, 4.69) is 42.2 Å². The summed E-state index contributed by atoms with van der Waals surface area (Å²) < 4.78 is 13.2. The highest BCUT2D eigenvalue weighted by atomic mass is 79.9. The van der Waals surface area contributed by atoms with E-state index < -0.39 is 0 Å². The van der Waals surface area contributed by atoms with Crippen molar-refractivity contribution < 1.29 is 13.9 Å². The Kier molecular flexibility index (Phi) is 5.45. The van der Waals surface area contributed by atoms with Gasteiger partial charge in [-0.1, -0.05) is 37.9 Å². The molecule has 1 N–H and O–H groups in total. The third-order valence-electron chi connectivity index (χ3n) is 4.04. The van der Waals surface area contributed by atoms with Crippen molar-refractivity contribution >= 4 is 54.4 Å². The Hall–Kier alpha value is -2.64. The molecule has 0 atom stereocenters. The van der Waals surface area contributed by atoms with Crippen molar-refractivity contribution in [2.45, 2.75) is 6.61 Å². The van der Waals surface area contributed by atoms with Crippen LogP contribution < -0.4 is 10.1 Å². The predicted molar refractivity (Wildman–Crippen MR) is 115 cm³/mol. The summed E-state index contributed by atoms with van der Waals surface area (Å²) in [5.41, 5.74) is 1.32.